The first-order chi connectivity index (χ1) is 16.5. The number of nitrogens with one attached hydrogen (secondary N) is 1. The fourth-order valence-corrected chi connectivity index (χ4v) is 4.64. The smallest absolute Gasteiger partial charge is 0.262 e. The number of fused-ring (bicyclic) bond motifs is 2. The van der Waals surface area contributed by atoms with Crippen LogP contribution in [0.5, 0.6) is 17.2 Å². The molecule has 34 heavy (non-hydrogen) atoms. The van der Waals surface area contributed by atoms with E-state index in [1.54, 1.807) is 0 Å². The second kappa shape index (κ2) is 10.1. The van der Waals surface area contributed by atoms with Crippen molar-refractivity contribution >= 4 is 34.1 Å². The Hall–Kier alpha value is -3.03. The molecule has 0 spiro atoms. The molecule has 2 aliphatic rings. The van der Waals surface area contributed by atoms with E-state index < -0.39 is 0 Å². The molecule has 0 atom stereocenters. The largest absolute Gasteiger partial charge is 0.493 e. The number of amides is 1. The molecule has 1 aromatic heterocycles. The maximum Gasteiger partial charge on any atom is 0.262 e. The zero-order valence-corrected chi connectivity index (χ0v) is 19.9. The minimum absolute atomic E-state index is 0.0588. The lowest BCUT2D eigenvalue weighted by atomic mass is 10.1. The maximum absolute atomic E-state index is 11.5. The summed E-state index contributed by atoms with van der Waals surface area (Å²) in [6, 6.07) is 13.3. The topological polar surface area (TPSA) is 72.9 Å². The Morgan fingerprint density at radius 1 is 1.18 bits per heavy atom. The minimum atomic E-state index is -0.141. The van der Waals surface area contributed by atoms with Gasteiger partial charge in [0.2, 0.25) is 0 Å². The van der Waals surface area contributed by atoms with E-state index in [0.29, 0.717) is 23.1 Å². The van der Waals surface area contributed by atoms with Crippen LogP contribution in [0.3, 0.4) is 0 Å². The fraction of sp³-hybridized carbons (Fsp3) is 0.385. The summed E-state index contributed by atoms with van der Waals surface area (Å²) < 4.78 is 17.6. The Bertz CT molecular complexity index is 1190. The van der Waals surface area contributed by atoms with Crippen LogP contribution < -0.4 is 19.5 Å². The summed E-state index contributed by atoms with van der Waals surface area (Å²) >= 11 is 6.26. The van der Waals surface area contributed by atoms with Gasteiger partial charge in [0.05, 0.1) is 17.8 Å². The lowest BCUT2D eigenvalue weighted by Crippen LogP contribution is -2.39. The molecule has 3 aromatic rings. The first-order valence-corrected chi connectivity index (χ1v) is 12.1. The minimum Gasteiger partial charge on any atom is -0.493 e. The second-order valence-corrected chi connectivity index (χ2v) is 9.22. The standard InChI is InChI=1S/C26H28ClN3O4/c1-17-3-5-21-22(28-17)13-18(27)14-25(21)32-12-2-9-30-10-7-19(8-11-30)34-20-4-6-24-23(15-20)29-26(31)16-33-24/h3-6,13-15,19H,2,7-12,16H2,1H3,(H,29,31). The lowest BCUT2D eigenvalue weighted by Gasteiger charge is -2.32. The highest BCUT2D eigenvalue weighted by atomic mass is 35.5. The summed E-state index contributed by atoms with van der Waals surface area (Å²) in [5.41, 5.74) is 2.49. The number of piperidine rings is 1. The van der Waals surface area contributed by atoms with Crippen LogP contribution in [0.4, 0.5) is 5.69 Å². The van der Waals surface area contributed by atoms with Crippen molar-refractivity contribution < 1.29 is 19.0 Å². The van der Waals surface area contributed by atoms with Gasteiger partial charge in [0, 0.05) is 41.8 Å². The van der Waals surface area contributed by atoms with Crippen molar-refractivity contribution in [3.8, 4) is 17.2 Å². The second-order valence-electron chi connectivity index (χ2n) is 8.78. The van der Waals surface area contributed by atoms with Crippen LogP contribution in [0, 0.1) is 6.92 Å². The van der Waals surface area contributed by atoms with E-state index in [-0.39, 0.29) is 18.6 Å². The quantitative estimate of drug-likeness (QED) is 0.487. The van der Waals surface area contributed by atoms with E-state index in [1.165, 1.54) is 0 Å². The molecule has 1 saturated heterocycles. The Morgan fingerprint density at radius 3 is 2.88 bits per heavy atom. The average Bonchev–Trinajstić information content (AvgIpc) is 2.82. The number of hydrogen-bond donors (Lipinski definition) is 1. The summed E-state index contributed by atoms with van der Waals surface area (Å²) in [7, 11) is 0. The Balaban J connectivity index is 1.07. The van der Waals surface area contributed by atoms with E-state index in [1.807, 2.05) is 49.4 Å². The SMILES string of the molecule is Cc1ccc2c(OCCCN3CCC(Oc4ccc5c(c4)NC(=O)CO5)CC3)cc(Cl)cc2n1. The number of aromatic nitrogens is 1. The molecule has 0 bridgehead atoms. The van der Waals surface area contributed by atoms with Crippen molar-refractivity contribution in [2.75, 3.05) is 38.2 Å². The molecule has 3 heterocycles. The molecule has 1 amide bonds. The van der Waals surface area contributed by atoms with Crippen LogP contribution in [0.25, 0.3) is 10.9 Å². The van der Waals surface area contributed by atoms with Gasteiger partial charge in [-0.15, -0.1) is 0 Å². The van der Waals surface area contributed by atoms with Gasteiger partial charge in [0.25, 0.3) is 5.91 Å². The monoisotopic (exact) mass is 481 g/mol. The van der Waals surface area contributed by atoms with Gasteiger partial charge in [-0.2, -0.15) is 0 Å². The predicted octanol–water partition coefficient (Wildman–Crippen LogP) is 4.84. The van der Waals surface area contributed by atoms with E-state index in [4.69, 9.17) is 25.8 Å². The number of pyridine rings is 1. The average molecular weight is 482 g/mol. The zero-order chi connectivity index (χ0) is 23.5. The van der Waals surface area contributed by atoms with Crippen LogP contribution in [0.2, 0.25) is 5.02 Å². The van der Waals surface area contributed by atoms with Gasteiger partial charge in [-0.1, -0.05) is 11.6 Å². The number of aryl methyl sites for hydroxylation is 1. The van der Waals surface area contributed by atoms with Gasteiger partial charge in [-0.05, 0) is 62.6 Å². The van der Waals surface area contributed by atoms with Crippen molar-refractivity contribution in [2.24, 2.45) is 0 Å². The van der Waals surface area contributed by atoms with Crippen molar-refractivity contribution in [1.29, 1.82) is 0 Å². The number of hydrogen-bond acceptors (Lipinski definition) is 6. The van der Waals surface area contributed by atoms with Crippen molar-refractivity contribution in [2.45, 2.75) is 32.3 Å². The normalized spacial score (nSPS) is 16.6. The van der Waals surface area contributed by atoms with Crippen LogP contribution in [0.15, 0.2) is 42.5 Å². The molecule has 2 aliphatic heterocycles. The van der Waals surface area contributed by atoms with Gasteiger partial charge in [-0.25, -0.2) is 0 Å². The summed E-state index contributed by atoms with van der Waals surface area (Å²) in [6.07, 6.45) is 3.03. The third-order valence-electron chi connectivity index (χ3n) is 6.17. The van der Waals surface area contributed by atoms with Gasteiger partial charge >= 0.3 is 0 Å². The number of carbonyl (C=O) groups excluding carboxylic acids is 1. The molecule has 0 unspecified atom stereocenters. The van der Waals surface area contributed by atoms with Gasteiger partial charge < -0.3 is 24.4 Å². The molecule has 1 N–H and O–H groups in total. The number of halogens is 1. The number of anilines is 1. The number of rotatable bonds is 7. The highest BCUT2D eigenvalue weighted by Crippen LogP contribution is 2.33. The van der Waals surface area contributed by atoms with E-state index in [0.717, 1.165) is 67.0 Å². The van der Waals surface area contributed by atoms with Crippen LogP contribution in [-0.2, 0) is 4.79 Å². The molecule has 1 fully saturated rings. The van der Waals surface area contributed by atoms with Crippen LogP contribution >= 0.6 is 11.6 Å². The van der Waals surface area contributed by atoms with E-state index in [2.05, 4.69) is 15.2 Å². The molecule has 0 aliphatic carbocycles. The van der Waals surface area contributed by atoms with Crippen molar-refractivity contribution in [3.05, 3.63) is 53.2 Å². The summed E-state index contributed by atoms with van der Waals surface area (Å²) in [4.78, 5) is 18.5. The number of carbonyl (C=O) groups is 1. The maximum atomic E-state index is 11.5. The molecule has 5 rings (SSSR count). The molecule has 0 radical (unpaired) electrons. The molecular weight excluding hydrogens is 454 g/mol. The summed E-state index contributed by atoms with van der Waals surface area (Å²) in [5.74, 6) is 2.09. The first-order valence-electron chi connectivity index (χ1n) is 11.7. The van der Waals surface area contributed by atoms with Crippen molar-refractivity contribution in [3.63, 3.8) is 0 Å². The lowest BCUT2D eigenvalue weighted by molar-refractivity contribution is -0.118. The first kappa shape index (κ1) is 22.7. The molecule has 7 nitrogen and oxygen atoms in total. The Labute approximate surface area is 204 Å². The summed E-state index contributed by atoms with van der Waals surface area (Å²) in [6.45, 7) is 5.60. The Kier molecular flexibility index (Phi) is 6.74. The summed E-state index contributed by atoms with van der Waals surface area (Å²) in [5, 5.41) is 4.45. The molecule has 2 aromatic carbocycles. The molecule has 178 valence electrons. The zero-order valence-electron chi connectivity index (χ0n) is 19.2. The molecule has 0 saturated carbocycles. The van der Waals surface area contributed by atoms with Gasteiger partial charge in [-0.3, -0.25) is 9.78 Å². The molecular formula is C26H28ClN3O4. The van der Waals surface area contributed by atoms with E-state index >= 15 is 0 Å². The number of likely N-dealkylation sites (tertiary alicyclic amines) is 1. The number of ether oxygens (including phenoxy) is 3. The number of nitrogens with zero attached hydrogens (tertiary/aromatic N) is 2. The van der Waals surface area contributed by atoms with Gasteiger partial charge in [0.1, 0.15) is 23.4 Å². The van der Waals surface area contributed by atoms with Crippen LogP contribution in [-0.4, -0.2) is 54.7 Å². The van der Waals surface area contributed by atoms with Crippen molar-refractivity contribution in [1.82, 2.24) is 9.88 Å². The van der Waals surface area contributed by atoms with Crippen LogP contribution in [0.1, 0.15) is 25.0 Å². The Morgan fingerprint density at radius 2 is 2.03 bits per heavy atom. The van der Waals surface area contributed by atoms with Gasteiger partial charge in [0.15, 0.2) is 6.61 Å². The fourth-order valence-electron chi connectivity index (χ4n) is 4.44. The third-order valence-corrected chi connectivity index (χ3v) is 6.39. The highest BCUT2D eigenvalue weighted by molar-refractivity contribution is 6.31. The highest BCUT2D eigenvalue weighted by Gasteiger charge is 2.22. The predicted molar refractivity (Wildman–Crippen MR) is 132 cm³/mol. The number of benzene rings is 2. The third kappa shape index (κ3) is 5.37. The van der Waals surface area contributed by atoms with E-state index in [9.17, 15) is 4.79 Å². The molecule has 8 heteroatoms.